The number of ketones is 2. The Hall–Kier alpha value is -1.35. The van der Waals surface area contributed by atoms with Crippen LogP contribution in [0.3, 0.4) is 0 Å². The van der Waals surface area contributed by atoms with Crippen LogP contribution in [0.5, 0.6) is 0 Å². The molecule has 0 rings (SSSR count). The molecule has 2 unspecified atom stereocenters. The lowest BCUT2D eigenvalue weighted by molar-refractivity contribution is -0.162. The Morgan fingerprint density at radius 1 is 0.892 bits per heavy atom. The molecule has 0 spiro atoms. The molecule has 1 amide bonds. The minimum atomic E-state index is -0.938. The predicted octanol–water partition coefficient (Wildman–Crippen LogP) is 4.76. The molecule has 37 heavy (non-hydrogen) atoms. The van der Waals surface area contributed by atoms with Crippen molar-refractivity contribution in [3.63, 3.8) is 0 Å². The fraction of sp³-hybridized carbons (Fsp3) is 0.897. The third kappa shape index (κ3) is 10.7. The van der Waals surface area contributed by atoms with Crippen molar-refractivity contribution in [2.45, 2.75) is 143 Å². The first-order valence-electron chi connectivity index (χ1n) is 14.3. The number of rotatable bonds is 22. The van der Waals surface area contributed by atoms with Gasteiger partial charge in [0.1, 0.15) is 11.7 Å². The van der Waals surface area contributed by atoms with Gasteiger partial charge in [0, 0.05) is 26.8 Å². The summed E-state index contributed by atoms with van der Waals surface area (Å²) in [5.74, 6) is -0.192. The molecule has 218 valence electrons. The third-order valence-corrected chi connectivity index (χ3v) is 8.24. The average molecular weight is 529 g/mol. The molecule has 0 saturated heterocycles. The number of nitrogens with one attached hydrogen (secondary N) is 2. The van der Waals surface area contributed by atoms with Crippen LogP contribution >= 0.6 is 0 Å². The first-order chi connectivity index (χ1) is 17.4. The fourth-order valence-corrected chi connectivity index (χ4v) is 4.68. The molecule has 3 atom stereocenters. The van der Waals surface area contributed by atoms with Gasteiger partial charge in [0.25, 0.3) is 0 Å². The van der Waals surface area contributed by atoms with Crippen LogP contribution in [0.2, 0.25) is 0 Å². The van der Waals surface area contributed by atoms with Crippen LogP contribution in [-0.2, 0) is 28.6 Å². The van der Waals surface area contributed by atoms with Crippen LogP contribution in [0.1, 0.15) is 114 Å². The van der Waals surface area contributed by atoms with Crippen LogP contribution < -0.4 is 10.6 Å². The maximum absolute atomic E-state index is 13.5. The number of amides is 1. The summed E-state index contributed by atoms with van der Waals surface area (Å²) in [7, 11) is 1.71. The molecule has 0 bridgehead atoms. The molecular weight excluding hydrogens is 472 g/mol. The summed E-state index contributed by atoms with van der Waals surface area (Å²) in [6, 6.07) is 0. The second-order valence-electron chi connectivity index (χ2n) is 10.3. The second kappa shape index (κ2) is 17.3. The summed E-state index contributed by atoms with van der Waals surface area (Å²) < 4.78 is 17.6. The van der Waals surface area contributed by atoms with Gasteiger partial charge in [-0.3, -0.25) is 14.4 Å². The highest BCUT2D eigenvalue weighted by molar-refractivity contribution is 5.93. The monoisotopic (exact) mass is 528 g/mol. The molecule has 0 aliphatic carbocycles. The molecule has 0 aliphatic heterocycles. The van der Waals surface area contributed by atoms with Crippen molar-refractivity contribution in [3.05, 3.63) is 0 Å². The van der Waals surface area contributed by atoms with E-state index in [2.05, 4.69) is 24.5 Å². The van der Waals surface area contributed by atoms with Crippen LogP contribution in [0, 0.1) is 0 Å². The van der Waals surface area contributed by atoms with Crippen molar-refractivity contribution < 1.29 is 28.6 Å². The van der Waals surface area contributed by atoms with Gasteiger partial charge in [-0.05, 0) is 65.7 Å². The molecule has 8 nitrogen and oxygen atoms in total. The van der Waals surface area contributed by atoms with Crippen molar-refractivity contribution >= 4 is 17.5 Å². The molecule has 0 aromatic rings. The quantitative estimate of drug-likeness (QED) is 0.195. The Kier molecular flexibility index (Phi) is 16.6. The van der Waals surface area contributed by atoms with Crippen molar-refractivity contribution in [2.75, 3.05) is 26.8 Å². The van der Waals surface area contributed by atoms with Gasteiger partial charge in [-0.1, -0.05) is 41.5 Å². The molecule has 0 aliphatic rings. The topological polar surface area (TPSA) is 103 Å². The number of ether oxygens (including phenoxy) is 3. The van der Waals surface area contributed by atoms with Gasteiger partial charge >= 0.3 is 0 Å². The fourth-order valence-electron chi connectivity index (χ4n) is 4.68. The molecular formula is C29H56N2O6. The molecule has 0 heterocycles. The summed E-state index contributed by atoms with van der Waals surface area (Å²) in [5, 5.41) is 6.32. The van der Waals surface area contributed by atoms with E-state index in [1.165, 1.54) is 6.92 Å². The van der Waals surface area contributed by atoms with Gasteiger partial charge in [-0.25, -0.2) is 0 Å². The third-order valence-electron chi connectivity index (χ3n) is 8.24. The lowest BCUT2D eigenvalue weighted by Crippen LogP contribution is -2.58. The number of hydrogen-bond donors (Lipinski definition) is 2. The number of carbonyl (C=O) groups excluding carboxylic acids is 3. The summed E-state index contributed by atoms with van der Waals surface area (Å²) in [6.45, 7) is 18.6. The van der Waals surface area contributed by atoms with E-state index >= 15 is 0 Å². The summed E-state index contributed by atoms with van der Waals surface area (Å²) in [4.78, 5) is 38.3. The van der Waals surface area contributed by atoms with Crippen LogP contribution in [0.25, 0.3) is 0 Å². The highest BCUT2D eigenvalue weighted by Crippen LogP contribution is 2.27. The van der Waals surface area contributed by atoms with Crippen molar-refractivity contribution in [1.82, 2.24) is 10.6 Å². The summed E-state index contributed by atoms with van der Waals surface area (Å²) in [6.07, 6.45) is 4.06. The number of methoxy groups -OCH3 is 1. The zero-order valence-corrected chi connectivity index (χ0v) is 25.4. The average Bonchev–Trinajstić information content (AvgIpc) is 2.90. The molecule has 2 N–H and O–H groups in total. The van der Waals surface area contributed by atoms with E-state index in [0.717, 1.165) is 19.3 Å². The number of carbonyl (C=O) groups is 3. The minimum absolute atomic E-state index is 0.0566. The van der Waals surface area contributed by atoms with Crippen molar-refractivity contribution in [3.8, 4) is 0 Å². The Morgan fingerprint density at radius 3 is 1.92 bits per heavy atom. The van der Waals surface area contributed by atoms with Gasteiger partial charge in [-0.15, -0.1) is 0 Å². The van der Waals surface area contributed by atoms with Crippen LogP contribution in [0.4, 0.5) is 0 Å². The Bertz CT molecular complexity index is 684. The van der Waals surface area contributed by atoms with E-state index in [-0.39, 0.29) is 29.2 Å². The van der Waals surface area contributed by atoms with E-state index in [1.54, 1.807) is 14.0 Å². The lowest BCUT2D eigenvalue weighted by Gasteiger charge is -2.38. The normalized spacial score (nSPS) is 15.6. The largest absolute Gasteiger partial charge is 0.378 e. The Balaban J connectivity index is 4.88. The highest BCUT2D eigenvalue weighted by Gasteiger charge is 2.42. The zero-order valence-electron chi connectivity index (χ0n) is 25.4. The minimum Gasteiger partial charge on any atom is -0.378 e. The van der Waals surface area contributed by atoms with Gasteiger partial charge in [0.15, 0.2) is 11.6 Å². The van der Waals surface area contributed by atoms with Gasteiger partial charge in [0.05, 0.1) is 23.7 Å². The van der Waals surface area contributed by atoms with Crippen molar-refractivity contribution in [2.24, 2.45) is 0 Å². The summed E-state index contributed by atoms with van der Waals surface area (Å²) in [5.41, 5.74) is -1.93. The first kappa shape index (κ1) is 35.6. The standard InChI is InChI=1S/C29H56N2O6/c1-11-24(36-20-17-27(9,12-2)35-10)21-25(33)30-18-19-31-28(13-3,14-4)26(34)22(7)37-29(15-5,16-6)23(8)32/h22,24,31H,11-21H2,1-10H3,(H,30,33)/t22-,24?,27?/m1/s1. The van der Waals surface area contributed by atoms with E-state index in [4.69, 9.17) is 14.2 Å². The first-order valence-corrected chi connectivity index (χ1v) is 14.3. The highest BCUT2D eigenvalue weighted by atomic mass is 16.5. The smallest absolute Gasteiger partial charge is 0.222 e. The molecule has 0 radical (unpaired) electrons. The van der Waals surface area contributed by atoms with Gasteiger partial charge < -0.3 is 24.8 Å². The Labute approximate surface area is 226 Å². The van der Waals surface area contributed by atoms with Crippen LogP contribution in [0.15, 0.2) is 0 Å². The number of hydrogen-bond acceptors (Lipinski definition) is 7. The SMILES string of the molecule is CCC(CC(=O)NCCNC(CC)(CC)C(=O)[C@@H](C)OC(CC)(CC)C(C)=O)OCCC(C)(CC)OC. The summed E-state index contributed by atoms with van der Waals surface area (Å²) >= 11 is 0. The second-order valence-corrected chi connectivity index (χ2v) is 10.3. The molecule has 8 heteroatoms. The maximum Gasteiger partial charge on any atom is 0.222 e. The predicted molar refractivity (Wildman–Crippen MR) is 149 cm³/mol. The van der Waals surface area contributed by atoms with E-state index in [0.29, 0.717) is 51.8 Å². The Morgan fingerprint density at radius 2 is 1.49 bits per heavy atom. The molecule has 0 aromatic heterocycles. The van der Waals surface area contributed by atoms with Gasteiger partial charge in [-0.2, -0.15) is 0 Å². The van der Waals surface area contributed by atoms with E-state index < -0.39 is 17.2 Å². The van der Waals surface area contributed by atoms with Crippen LogP contribution in [-0.4, -0.2) is 73.2 Å². The lowest BCUT2D eigenvalue weighted by atomic mass is 9.84. The molecule has 0 aromatic carbocycles. The zero-order chi connectivity index (χ0) is 28.7. The molecule has 0 fully saturated rings. The number of Topliss-reactive ketones (excluding diaryl/α,β-unsaturated/α-hetero) is 2. The van der Waals surface area contributed by atoms with Gasteiger partial charge in [0.2, 0.25) is 5.91 Å². The maximum atomic E-state index is 13.5. The van der Waals surface area contributed by atoms with Crippen molar-refractivity contribution in [1.29, 1.82) is 0 Å². The van der Waals surface area contributed by atoms with E-state index in [9.17, 15) is 14.4 Å². The van der Waals surface area contributed by atoms with E-state index in [1.807, 2.05) is 34.6 Å². The molecule has 0 saturated carbocycles.